The monoisotopic (exact) mass is 247 g/mol. The van der Waals surface area contributed by atoms with Crippen LogP contribution in [0, 0.1) is 11.3 Å². The fourth-order valence-electron chi connectivity index (χ4n) is 1.82. The smallest absolute Gasteiger partial charge is 0.153 e. The van der Waals surface area contributed by atoms with Crippen LogP contribution in [-0.4, -0.2) is 9.97 Å². The summed E-state index contributed by atoms with van der Waals surface area (Å²) in [6.07, 6.45) is 3.27. The third-order valence-electron chi connectivity index (χ3n) is 2.67. The molecule has 0 aliphatic rings. The molecule has 19 heavy (non-hydrogen) atoms. The molecule has 1 aromatic carbocycles. The van der Waals surface area contributed by atoms with Crippen LogP contribution in [0.25, 0.3) is 10.9 Å². The minimum atomic E-state index is 0.325. The summed E-state index contributed by atoms with van der Waals surface area (Å²) in [6.45, 7) is 0. The Kier molecular flexibility index (Phi) is 2.79. The summed E-state index contributed by atoms with van der Waals surface area (Å²) in [7, 11) is 0. The lowest BCUT2D eigenvalue weighted by Crippen LogP contribution is -1.89. The van der Waals surface area contributed by atoms with Gasteiger partial charge in [-0.1, -0.05) is 18.2 Å². The number of hydrogen-bond acceptors (Lipinski definition) is 4. The van der Waals surface area contributed by atoms with Gasteiger partial charge in [0.15, 0.2) is 5.75 Å². The van der Waals surface area contributed by atoms with E-state index in [1.165, 1.54) is 0 Å². The lowest BCUT2D eigenvalue weighted by molar-refractivity contribution is 0.486. The van der Waals surface area contributed by atoms with Gasteiger partial charge in [0.25, 0.3) is 0 Å². The van der Waals surface area contributed by atoms with Crippen LogP contribution >= 0.6 is 0 Å². The third kappa shape index (κ3) is 2.22. The van der Waals surface area contributed by atoms with E-state index in [-0.39, 0.29) is 0 Å². The Morgan fingerprint density at radius 2 is 1.89 bits per heavy atom. The van der Waals surface area contributed by atoms with Crippen LogP contribution in [0.4, 0.5) is 0 Å². The molecule has 0 saturated heterocycles. The van der Waals surface area contributed by atoms with Crippen LogP contribution in [0.1, 0.15) is 5.69 Å². The molecule has 3 aromatic rings. The number of ether oxygens (including phenoxy) is 1. The number of pyridine rings is 2. The average molecular weight is 247 g/mol. The Labute approximate surface area is 109 Å². The van der Waals surface area contributed by atoms with Crippen LogP contribution in [0.3, 0.4) is 0 Å². The topological polar surface area (TPSA) is 58.8 Å². The van der Waals surface area contributed by atoms with E-state index in [0.29, 0.717) is 17.2 Å². The van der Waals surface area contributed by atoms with Crippen LogP contribution in [0.15, 0.2) is 54.9 Å². The molecule has 4 nitrogen and oxygen atoms in total. The highest BCUT2D eigenvalue weighted by atomic mass is 16.5. The van der Waals surface area contributed by atoms with E-state index in [4.69, 9.17) is 10.00 Å². The number of fused-ring (bicyclic) bond motifs is 1. The molecule has 2 heterocycles. The van der Waals surface area contributed by atoms with Gasteiger partial charge in [-0.15, -0.1) is 0 Å². The van der Waals surface area contributed by atoms with Crippen molar-refractivity contribution in [3.63, 3.8) is 0 Å². The summed E-state index contributed by atoms with van der Waals surface area (Å²) < 4.78 is 5.78. The van der Waals surface area contributed by atoms with E-state index >= 15 is 0 Å². The van der Waals surface area contributed by atoms with Crippen LogP contribution in [0.2, 0.25) is 0 Å². The molecule has 90 valence electrons. The Hall–Kier alpha value is -2.93. The molecule has 0 saturated carbocycles. The molecule has 0 spiro atoms. The van der Waals surface area contributed by atoms with Crippen molar-refractivity contribution in [2.75, 3.05) is 0 Å². The number of hydrogen-bond donors (Lipinski definition) is 0. The van der Waals surface area contributed by atoms with Gasteiger partial charge in [0.1, 0.15) is 23.0 Å². The zero-order valence-electron chi connectivity index (χ0n) is 9.95. The van der Waals surface area contributed by atoms with E-state index in [2.05, 4.69) is 9.97 Å². The largest absolute Gasteiger partial charge is 0.455 e. The fraction of sp³-hybridized carbons (Fsp3) is 0. The highest BCUT2D eigenvalue weighted by molar-refractivity contribution is 5.84. The van der Waals surface area contributed by atoms with Gasteiger partial charge in [-0.2, -0.15) is 5.26 Å². The summed E-state index contributed by atoms with van der Waals surface area (Å²) in [5, 5.41) is 9.83. The molecule has 0 fully saturated rings. The zero-order chi connectivity index (χ0) is 13.1. The highest BCUT2D eigenvalue weighted by Crippen LogP contribution is 2.28. The van der Waals surface area contributed by atoms with Crippen LogP contribution < -0.4 is 4.74 Å². The third-order valence-corrected chi connectivity index (χ3v) is 2.67. The number of nitrogens with zero attached hydrogens (tertiary/aromatic N) is 3. The summed E-state index contributed by atoms with van der Waals surface area (Å²) >= 11 is 0. The maximum Gasteiger partial charge on any atom is 0.153 e. The van der Waals surface area contributed by atoms with Gasteiger partial charge in [-0.3, -0.25) is 4.98 Å². The molecule has 0 aliphatic carbocycles. The summed E-state index contributed by atoms with van der Waals surface area (Å²) in [5.74, 6) is 1.23. The Bertz CT molecular complexity index is 772. The van der Waals surface area contributed by atoms with Gasteiger partial charge in [0.05, 0.1) is 0 Å². The van der Waals surface area contributed by atoms with E-state index in [1.807, 2.05) is 36.4 Å². The minimum absolute atomic E-state index is 0.325. The molecule has 0 unspecified atom stereocenters. The SMILES string of the molecule is N#Cc1cc(Oc2cccc3cccnc23)ccn1. The first-order valence-corrected chi connectivity index (χ1v) is 5.74. The lowest BCUT2D eigenvalue weighted by Gasteiger charge is -2.07. The molecular formula is C15H9N3O. The normalized spacial score (nSPS) is 10.1. The molecule has 0 bridgehead atoms. The first kappa shape index (κ1) is 11.2. The second-order valence-corrected chi connectivity index (χ2v) is 3.92. The second kappa shape index (κ2) is 4.75. The summed E-state index contributed by atoms with van der Waals surface area (Å²) in [5.41, 5.74) is 1.12. The van der Waals surface area contributed by atoms with Gasteiger partial charge in [-0.25, -0.2) is 4.98 Å². The molecular weight excluding hydrogens is 238 g/mol. The Balaban J connectivity index is 2.04. The van der Waals surface area contributed by atoms with Gasteiger partial charge < -0.3 is 4.74 Å². The van der Waals surface area contributed by atoms with Crippen molar-refractivity contribution in [2.24, 2.45) is 0 Å². The fourth-order valence-corrected chi connectivity index (χ4v) is 1.82. The van der Waals surface area contributed by atoms with E-state index in [9.17, 15) is 0 Å². The van der Waals surface area contributed by atoms with Crippen molar-refractivity contribution in [1.82, 2.24) is 9.97 Å². The molecule has 3 rings (SSSR count). The van der Waals surface area contributed by atoms with Crippen LogP contribution in [0.5, 0.6) is 11.5 Å². The second-order valence-electron chi connectivity index (χ2n) is 3.92. The lowest BCUT2D eigenvalue weighted by atomic mass is 10.2. The first-order valence-electron chi connectivity index (χ1n) is 5.74. The number of nitriles is 1. The molecule has 0 atom stereocenters. The van der Waals surface area contributed by atoms with Crippen molar-refractivity contribution >= 4 is 10.9 Å². The maximum atomic E-state index is 8.82. The van der Waals surface area contributed by atoms with Crippen molar-refractivity contribution in [1.29, 1.82) is 5.26 Å². The molecule has 4 heteroatoms. The van der Waals surface area contributed by atoms with E-state index in [0.717, 1.165) is 10.9 Å². The van der Waals surface area contributed by atoms with Crippen molar-refractivity contribution in [3.8, 4) is 17.6 Å². The van der Waals surface area contributed by atoms with Gasteiger partial charge >= 0.3 is 0 Å². The van der Waals surface area contributed by atoms with E-state index in [1.54, 1.807) is 24.5 Å². The van der Waals surface area contributed by atoms with Crippen LogP contribution in [-0.2, 0) is 0 Å². The van der Waals surface area contributed by atoms with Crippen molar-refractivity contribution in [2.45, 2.75) is 0 Å². The maximum absolute atomic E-state index is 8.82. The van der Waals surface area contributed by atoms with Gasteiger partial charge in [0, 0.05) is 23.8 Å². The number of benzene rings is 1. The summed E-state index contributed by atoms with van der Waals surface area (Å²) in [6, 6.07) is 14.9. The molecule has 0 amide bonds. The molecule has 0 radical (unpaired) electrons. The zero-order valence-corrected chi connectivity index (χ0v) is 9.95. The van der Waals surface area contributed by atoms with Crippen molar-refractivity contribution in [3.05, 3.63) is 60.6 Å². The predicted molar refractivity (Wildman–Crippen MR) is 70.8 cm³/mol. The van der Waals surface area contributed by atoms with Crippen molar-refractivity contribution < 1.29 is 4.74 Å². The first-order chi connectivity index (χ1) is 9.36. The molecule has 0 aliphatic heterocycles. The Morgan fingerprint density at radius 3 is 2.79 bits per heavy atom. The minimum Gasteiger partial charge on any atom is -0.455 e. The number of para-hydroxylation sites is 1. The number of rotatable bonds is 2. The molecule has 2 aromatic heterocycles. The Morgan fingerprint density at radius 1 is 1.00 bits per heavy atom. The standard InChI is InChI=1S/C15H9N3O/c16-10-12-9-13(6-8-17-12)19-14-5-1-3-11-4-2-7-18-15(11)14/h1-9H. The predicted octanol–water partition coefficient (Wildman–Crippen LogP) is 3.29. The highest BCUT2D eigenvalue weighted by Gasteiger charge is 2.05. The average Bonchev–Trinajstić information content (AvgIpc) is 2.48. The van der Waals surface area contributed by atoms with E-state index < -0.39 is 0 Å². The van der Waals surface area contributed by atoms with Gasteiger partial charge in [0.2, 0.25) is 0 Å². The van der Waals surface area contributed by atoms with Gasteiger partial charge in [-0.05, 0) is 18.2 Å². The molecule has 0 N–H and O–H groups in total. The quantitative estimate of drug-likeness (QED) is 0.697. The summed E-state index contributed by atoms with van der Waals surface area (Å²) in [4.78, 5) is 8.22. The number of aromatic nitrogens is 2.